The molecule has 0 aromatic carbocycles. The quantitative estimate of drug-likeness (QED) is 0.443. The second-order valence-electron chi connectivity index (χ2n) is 2.37. The van der Waals surface area contributed by atoms with Gasteiger partial charge in [-0.2, -0.15) is 0 Å². The summed E-state index contributed by atoms with van der Waals surface area (Å²) in [6.07, 6.45) is -0.127. The molecule has 10 heavy (non-hydrogen) atoms. The van der Waals surface area contributed by atoms with Gasteiger partial charge in [-0.1, -0.05) is 0 Å². The molecule has 1 aliphatic heterocycles. The summed E-state index contributed by atoms with van der Waals surface area (Å²) < 4.78 is 11.5. The zero-order chi connectivity index (χ0) is 7.78. The van der Waals surface area contributed by atoms with Crippen LogP contribution in [0.25, 0.3) is 0 Å². The van der Waals surface area contributed by atoms with Gasteiger partial charge in [0.05, 0.1) is 6.10 Å². The van der Waals surface area contributed by atoms with Crippen LogP contribution in [0.5, 0.6) is 0 Å². The number of nitrogens with zero attached hydrogens (tertiary/aromatic N) is 1. The van der Waals surface area contributed by atoms with Gasteiger partial charge in [0, 0.05) is 13.1 Å². The van der Waals surface area contributed by atoms with Crippen LogP contribution in [0.15, 0.2) is 0 Å². The smallest absolute Gasteiger partial charge is 0.392 e. The van der Waals surface area contributed by atoms with E-state index in [0.717, 1.165) is 4.67 Å². The topological polar surface area (TPSA) is 81.0 Å². The van der Waals surface area contributed by atoms with Gasteiger partial charge in [0.25, 0.3) is 0 Å². The second kappa shape index (κ2) is 2.60. The summed E-state index contributed by atoms with van der Waals surface area (Å²) in [5.41, 5.74) is 0. The maximum absolute atomic E-state index is 10.5. The minimum absolute atomic E-state index is 0.0876. The highest BCUT2D eigenvalue weighted by atomic mass is 31.2. The standard InChI is InChI=1S/C4H10NO4P/c6-4-1-2-5(3-4)10(7,8)9/h4,6H,1-3H2,(H2,7,8,9)/t4-/m0/s1. The van der Waals surface area contributed by atoms with Gasteiger partial charge in [0.2, 0.25) is 0 Å². The van der Waals surface area contributed by atoms with Crippen LogP contribution in [-0.4, -0.2) is 38.8 Å². The highest BCUT2D eigenvalue weighted by Gasteiger charge is 2.32. The van der Waals surface area contributed by atoms with Gasteiger partial charge in [-0.3, -0.25) is 0 Å². The lowest BCUT2D eigenvalue weighted by atomic mass is 10.3. The molecular formula is C4H10NO4P. The van der Waals surface area contributed by atoms with Crippen LogP contribution in [0.1, 0.15) is 6.42 Å². The van der Waals surface area contributed by atoms with Crippen molar-refractivity contribution < 1.29 is 19.5 Å². The number of aliphatic hydroxyl groups excluding tert-OH is 1. The zero-order valence-electron chi connectivity index (χ0n) is 5.34. The Kier molecular flexibility index (Phi) is 2.12. The molecule has 6 heteroatoms. The van der Waals surface area contributed by atoms with Gasteiger partial charge >= 0.3 is 7.75 Å². The van der Waals surface area contributed by atoms with Crippen LogP contribution < -0.4 is 0 Å². The first-order valence-electron chi connectivity index (χ1n) is 2.99. The Labute approximate surface area is 58.5 Å². The summed E-state index contributed by atoms with van der Waals surface area (Å²) in [4.78, 5) is 17.1. The van der Waals surface area contributed by atoms with Gasteiger partial charge in [-0.05, 0) is 6.42 Å². The van der Waals surface area contributed by atoms with Crippen molar-refractivity contribution in [3.8, 4) is 0 Å². The van der Waals surface area contributed by atoms with Crippen molar-refractivity contribution in [1.82, 2.24) is 4.67 Å². The zero-order valence-corrected chi connectivity index (χ0v) is 6.24. The third-order valence-corrected chi connectivity index (χ3v) is 2.61. The Hall–Kier alpha value is 0.0700. The molecule has 0 aromatic rings. The van der Waals surface area contributed by atoms with E-state index in [9.17, 15) is 4.57 Å². The van der Waals surface area contributed by atoms with E-state index in [-0.39, 0.29) is 13.1 Å². The summed E-state index contributed by atoms with van der Waals surface area (Å²) in [6.45, 7) is 0.371. The summed E-state index contributed by atoms with van der Waals surface area (Å²) in [5.74, 6) is 0. The molecular weight excluding hydrogens is 157 g/mol. The van der Waals surface area contributed by atoms with Crippen LogP contribution >= 0.6 is 7.75 Å². The predicted molar refractivity (Wildman–Crippen MR) is 34.2 cm³/mol. The van der Waals surface area contributed by atoms with Crippen LogP contribution in [0.3, 0.4) is 0 Å². The summed E-state index contributed by atoms with van der Waals surface area (Å²) in [5, 5.41) is 8.88. The average Bonchev–Trinajstić information content (AvgIpc) is 2.11. The van der Waals surface area contributed by atoms with E-state index in [1.165, 1.54) is 0 Å². The summed E-state index contributed by atoms with van der Waals surface area (Å²) in [6, 6.07) is 0. The van der Waals surface area contributed by atoms with Crippen molar-refractivity contribution in [1.29, 1.82) is 0 Å². The number of β-amino-alcohol motifs (C(OH)–C–C–N with tert-alkyl or cyclic N) is 1. The Morgan fingerprint density at radius 1 is 1.50 bits per heavy atom. The monoisotopic (exact) mass is 167 g/mol. The van der Waals surface area contributed by atoms with E-state index in [1.54, 1.807) is 0 Å². The Balaban J connectivity index is 2.53. The molecule has 0 amide bonds. The first kappa shape index (κ1) is 8.17. The molecule has 0 aromatic heterocycles. The SMILES string of the molecule is O=P(O)(O)N1CC[C@H](O)C1. The number of aliphatic hydroxyl groups is 1. The van der Waals surface area contributed by atoms with E-state index in [4.69, 9.17) is 14.9 Å². The van der Waals surface area contributed by atoms with Gasteiger partial charge < -0.3 is 14.9 Å². The molecule has 1 aliphatic rings. The molecule has 0 saturated carbocycles. The third-order valence-electron chi connectivity index (χ3n) is 1.51. The molecule has 1 fully saturated rings. The molecule has 60 valence electrons. The second-order valence-corrected chi connectivity index (χ2v) is 3.96. The molecule has 0 bridgehead atoms. The summed E-state index contributed by atoms with van der Waals surface area (Å²) in [7, 11) is -4.08. The molecule has 3 N–H and O–H groups in total. The van der Waals surface area contributed by atoms with Gasteiger partial charge in [-0.15, -0.1) is 0 Å². The number of hydrogen-bond acceptors (Lipinski definition) is 2. The fraction of sp³-hybridized carbons (Fsp3) is 1.00. The minimum Gasteiger partial charge on any atom is -0.392 e. The maximum atomic E-state index is 10.5. The van der Waals surface area contributed by atoms with E-state index >= 15 is 0 Å². The Morgan fingerprint density at radius 2 is 2.10 bits per heavy atom. The largest absolute Gasteiger partial charge is 0.403 e. The predicted octanol–water partition coefficient (Wildman–Crippen LogP) is -0.854. The summed E-state index contributed by atoms with van der Waals surface area (Å²) >= 11 is 0. The Bertz CT molecular complexity index is 167. The van der Waals surface area contributed by atoms with E-state index in [2.05, 4.69) is 0 Å². The van der Waals surface area contributed by atoms with Crippen molar-refractivity contribution in [2.45, 2.75) is 12.5 Å². The van der Waals surface area contributed by atoms with Crippen molar-refractivity contribution in [3.05, 3.63) is 0 Å². The van der Waals surface area contributed by atoms with Crippen molar-refractivity contribution in [3.63, 3.8) is 0 Å². The minimum atomic E-state index is -4.08. The maximum Gasteiger partial charge on any atom is 0.403 e. The van der Waals surface area contributed by atoms with E-state index in [1.807, 2.05) is 0 Å². The Morgan fingerprint density at radius 3 is 2.30 bits per heavy atom. The molecule has 1 heterocycles. The van der Waals surface area contributed by atoms with Gasteiger partial charge in [-0.25, -0.2) is 9.24 Å². The average molecular weight is 167 g/mol. The van der Waals surface area contributed by atoms with Gasteiger partial charge in [0.15, 0.2) is 0 Å². The number of hydrogen-bond donors (Lipinski definition) is 3. The fourth-order valence-electron chi connectivity index (χ4n) is 0.961. The van der Waals surface area contributed by atoms with E-state index in [0.29, 0.717) is 6.42 Å². The van der Waals surface area contributed by atoms with Crippen LogP contribution in [-0.2, 0) is 4.57 Å². The third kappa shape index (κ3) is 1.78. The first-order valence-corrected chi connectivity index (χ1v) is 4.55. The molecule has 0 aliphatic carbocycles. The molecule has 1 atom stereocenters. The highest BCUT2D eigenvalue weighted by molar-refractivity contribution is 7.49. The molecule has 5 nitrogen and oxygen atoms in total. The van der Waals surface area contributed by atoms with Crippen LogP contribution in [0.4, 0.5) is 0 Å². The van der Waals surface area contributed by atoms with Gasteiger partial charge in [0.1, 0.15) is 0 Å². The van der Waals surface area contributed by atoms with E-state index < -0.39 is 13.9 Å². The van der Waals surface area contributed by atoms with Crippen LogP contribution in [0, 0.1) is 0 Å². The molecule has 0 unspecified atom stereocenters. The highest BCUT2D eigenvalue weighted by Crippen LogP contribution is 2.42. The fourth-order valence-corrected chi connectivity index (χ4v) is 1.74. The molecule has 0 spiro atoms. The molecule has 1 rings (SSSR count). The lowest BCUT2D eigenvalue weighted by Gasteiger charge is -2.15. The normalized spacial score (nSPS) is 29.3. The first-order chi connectivity index (χ1) is 4.50. The lowest BCUT2D eigenvalue weighted by molar-refractivity contribution is 0.183. The van der Waals surface area contributed by atoms with Crippen molar-refractivity contribution in [2.24, 2.45) is 0 Å². The molecule has 0 radical (unpaired) electrons. The molecule has 1 saturated heterocycles. The van der Waals surface area contributed by atoms with Crippen molar-refractivity contribution >= 4 is 7.75 Å². The number of rotatable bonds is 1. The lowest BCUT2D eigenvalue weighted by Crippen LogP contribution is -2.18. The van der Waals surface area contributed by atoms with Crippen molar-refractivity contribution in [2.75, 3.05) is 13.1 Å². The van der Waals surface area contributed by atoms with Crippen LogP contribution in [0.2, 0.25) is 0 Å².